The minimum absolute atomic E-state index is 0.328. The maximum absolute atomic E-state index is 8.59. The van der Waals surface area contributed by atoms with E-state index < -0.39 is 0 Å². The van der Waals surface area contributed by atoms with Crippen molar-refractivity contribution in [1.82, 2.24) is 0 Å². The molecular formula is C12H26O2. The molecule has 1 unspecified atom stereocenters. The van der Waals surface area contributed by atoms with E-state index in [9.17, 15) is 0 Å². The molecule has 14 heavy (non-hydrogen) atoms. The summed E-state index contributed by atoms with van der Waals surface area (Å²) in [4.78, 5) is 0. The lowest BCUT2D eigenvalue weighted by Gasteiger charge is -2.14. The second kappa shape index (κ2) is 11.0. The van der Waals surface area contributed by atoms with E-state index in [4.69, 9.17) is 9.84 Å². The Morgan fingerprint density at radius 2 is 1.79 bits per heavy atom. The van der Waals surface area contributed by atoms with Crippen LogP contribution in [0.5, 0.6) is 0 Å². The molecule has 0 aromatic rings. The maximum atomic E-state index is 8.59. The molecule has 0 bridgehead atoms. The average molecular weight is 202 g/mol. The summed E-state index contributed by atoms with van der Waals surface area (Å²) >= 11 is 0. The van der Waals surface area contributed by atoms with E-state index in [0.29, 0.717) is 12.7 Å². The predicted octanol–water partition coefficient (Wildman–Crippen LogP) is 3.13. The predicted molar refractivity (Wildman–Crippen MR) is 60.5 cm³/mol. The lowest BCUT2D eigenvalue weighted by Crippen LogP contribution is -2.12. The first-order chi connectivity index (χ1) is 6.85. The summed E-state index contributed by atoms with van der Waals surface area (Å²) in [6.07, 6.45) is 8.39. The summed E-state index contributed by atoms with van der Waals surface area (Å²) in [5.74, 6) is 0. The monoisotopic (exact) mass is 202 g/mol. The van der Waals surface area contributed by atoms with E-state index in [2.05, 4.69) is 13.8 Å². The topological polar surface area (TPSA) is 29.5 Å². The highest BCUT2D eigenvalue weighted by molar-refractivity contribution is 4.54. The average Bonchev–Trinajstić information content (AvgIpc) is 2.21. The molecule has 0 aliphatic carbocycles. The Bertz CT molecular complexity index is 104. The lowest BCUT2D eigenvalue weighted by atomic mass is 10.1. The van der Waals surface area contributed by atoms with Gasteiger partial charge in [-0.05, 0) is 25.7 Å². The first kappa shape index (κ1) is 13.9. The quantitative estimate of drug-likeness (QED) is 0.551. The summed E-state index contributed by atoms with van der Waals surface area (Å²) in [7, 11) is 0. The van der Waals surface area contributed by atoms with Gasteiger partial charge in [-0.15, -0.1) is 0 Å². The SMILES string of the molecule is CCCC(CC)OCCCCCCO. The molecule has 0 amide bonds. The van der Waals surface area contributed by atoms with Gasteiger partial charge in [0.05, 0.1) is 6.10 Å². The third kappa shape index (κ3) is 8.52. The summed E-state index contributed by atoms with van der Waals surface area (Å²) < 4.78 is 5.75. The molecule has 0 saturated heterocycles. The van der Waals surface area contributed by atoms with E-state index >= 15 is 0 Å². The number of hydrogen-bond donors (Lipinski definition) is 1. The molecule has 1 atom stereocenters. The van der Waals surface area contributed by atoms with Gasteiger partial charge in [0.2, 0.25) is 0 Å². The smallest absolute Gasteiger partial charge is 0.0572 e. The molecule has 86 valence electrons. The fourth-order valence-electron chi connectivity index (χ4n) is 1.54. The van der Waals surface area contributed by atoms with Gasteiger partial charge in [-0.1, -0.05) is 33.1 Å². The van der Waals surface area contributed by atoms with E-state index in [0.717, 1.165) is 32.3 Å². The standard InChI is InChI=1S/C12H26O2/c1-3-9-12(4-2)14-11-8-6-5-7-10-13/h12-13H,3-11H2,1-2H3. The number of aliphatic hydroxyl groups excluding tert-OH is 1. The molecule has 0 aromatic carbocycles. The third-order valence-corrected chi connectivity index (χ3v) is 2.47. The zero-order valence-electron chi connectivity index (χ0n) is 9.80. The van der Waals surface area contributed by atoms with Crippen LogP contribution in [-0.2, 0) is 4.74 Å². The Balaban J connectivity index is 3.15. The molecule has 0 radical (unpaired) electrons. The van der Waals surface area contributed by atoms with Crippen molar-refractivity contribution in [2.75, 3.05) is 13.2 Å². The Morgan fingerprint density at radius 1 is 1.07 bits per heavy atom. The Hall–Kier alpha value is -0.0800. The van der Waals surface area contributed by atoms with Crippen LogP contribution in [0.25, 0.3) is 0 Å². The normalized spacial score (nSPS) is 13.1. The van der Waals surface area contributed by atoms with E-state index in [1.165, 1.54) is 19.3 Å². The zero-order chi connectivity index (χ0) is 10.6. The van der Waals surface area contributed by atoms with Crippen LogP contribution in [0.3, 0.4) is 0 Å². The van der Waals surface area contributed by atoms with E-state index in [-0.39, 0.29) is 0 Å². The van der Waals surface area contributed by atoms with Crippen LogP contribution in [0, 0.1) is 0 Å². The molecule has 0 aliphatic heterocycles. The van der Waals surface area contributed by atoms with Crippen molar-refractivity contribution < 1.29 is 9.84 Å². The van der Waals surface area contributed by atoms with Gasteiger partial charge in [0.25, 0.3) is 0 Å². The summed E-state index contributed by atoms with van der Waals surface area (Å²) in [6, 6.07) is 0. The number of aliphatic hydroxyl groups is 1. The molecule has 2 nitrogen and oxygen atoms in total. The van der Waals surface area contributed by atoms with Crippen molar-refractivity contribution in [3.63, 3.8) is 0 Å². The summed E-state index contributed by atoms with van der Waals surface area (Å²) in [6.45, 7) is 5.61. The first-order valence-corrected chi connectivity index (χ1v) is 6.07. The maximum Gasteiger partial charge on any atom is 0.0572 e. The lowest BCUT2D eigenvalue weighted by molar-refractivity contribution is 0.0418. The van der Waals surface area contributed by atoms with Gasteiger partial charge >= 0.3 is 0 Å². The van der Waals surface area contributed by atoms with E-state index in [1.54, 1.807) is 0 Å². The van der Waals surface area contributed by atoms with Crippen LogP contribution in [0.1, 0.15) is 58.8 Å². The Labute approximate surface area is 88.7 Å². The van der Waals surface area contributed by atoms with Crippen molar-refractivity contribution in [3.8, 4) is 0 Å². The fourth-order valence-corrected chi connectivity index (χ4v) is 1.54. The van der Waals surface area contributed by atoms with Gasteiger partial charge in [0.15, 0.2) is 0 Å². The molecule has 0 spiro atoms. The molecule has 0 rings (SSSR count). The van der Waals surface area contributed by atoms with Crippen molar-refractivity contribution in [2.24, 2.45) is 0 Å². The highest BCUT2D eigenvalue weighted by Crippen LogP contribution is 2.08. The van der Waals surface area contributed by atoms with Crippen LogP contribution in [-0.4, -0.2) is 24.4 Å². The number of unbranched alkanes of at least 4 members (excludes halogenated alkanes) is 3. The minimum Gasteiger partial charge on any atom is -0.396 e. The second-order valence-corrected chi connectivity index (χ2v) is 3.83. The molecule has 0 aliphatic rings. The molecule has 1 N–H and O–H groups in total. The van der Waals surface area contributed by atoms with Crippen LogP contribution in [0.4, 0.5) is 0 Å². The van der Waals surface area contributed by atoms with Crippen molar-refractivity contribution in [1.29, 1.82) is 0 Å². The molecule has 0 aromatic heterocycles. The van der Waals surface area contributed by atoms with Gasteiger partial charge in [-0.25, -0.2) is 0 Å². The first-order valence-electron chi connectivity index (χ1n) is 6.07. The highest BCUT2D eigenvalue weighted by Gasteiger charge is 2.03. The molecule has 0 heterocycles. The van der Waals surface area contributed by atoms with Gasteiger partial charge in [0.1, 0.15) is 0 Å². The largest absolute Gasteiger partial charge is 0.396 e. The Kier molecular flexibility index (Phi) is 10.9. The van der Waals surface area contributed by atoms with Crippen LogP contribution >= 0.6 is 0 Å². The van der Waals surface area contributed by atoms with Gasteiger partial charge < -0.3 is 9.84 Å². The van der Waals surface area contributed by atoms with Gasteiger partial charge in [0, 0.05) is 13.2 Å². The second-order valence-electron chi connectivity index (χ2n) is 3.83. The van der Waals surface area contributed by atoms with Crippen LogP contribution in [0.2, 0.25) is 0 Å². The van der Waals surface area contributed by atoms with E-state index in [1.807, 2.05) is 0 Å². The number of rotatable bonds is 10. The third-order valence-electron chi connectivity index (χ3n) is 2.47. The number of ether oxygens (including phenoxy) is 1. The number of hydrogen-bond acceptors (Lipinski definition) is 2. The van der Waals surface area contributed by atoms with Crippen molar-refractivity contribution >= 4 is 0 Å². The van der Waals surface area contributed by atoms with Crippen LogP contribution in [0.15, 0.2) is 0 Å². The van der Waals surface area contributed by atoms with Crippen LogP contribution < -0.4 is 0 Å². The Morgan fingerprint density at radius 3 is 2.36 bits per heavy atom. The van der Waals surface area contributed by atoms with Gasteiger partial charge in [-0.3, -0.25) is 0 Å². The summed E-state index contributed by atoms with van der Waals surface area (Å²) in [5, 5.41) is 8.59. The molecule has 0 saturated carbocycles. The highest BCUT2D eigenvalue weighted by atomic mass is 16.5. The van der Waals surface area contributed by atoms with Crippen molar-refractivity contribution in [2.45, 2.75) is 64.9 Å². The fraction of sp³-hybridized carbons (Fsp3) is 1.00. The minimum atomic E-state index is 0.328. The summed E-state index contributed by atoms with van der Waals surface area (Å²) in [5.41, 5.74) is 0. The zero-order valence-corrected chi connectivity index (χ0v) is 9.80. The molecular weight excluding hydrogens is 176 g/mol. The molecule has 2 heteroatoms. The van der Waals surface area contributed by atoms with Crippen molar-refractivity contribution in [3.05, 3.63) is 0 Å². The molecule has 0 fully saturated rings. The van der Waals surface area contributed by atoms with Gasteiger partial charge in [-0.2, -0.15) is 0 Å².